The van der Waals surface area contributed by atoms with E-state index < -0.39 is 0 Å². The molecule has 0 amide bonds. The van der Waals surface area contributed by atoms with Crippen molar-refractivity contribution in [2.45, 2.75) is 51.1 Å². The maximum Gasteiger partial charge on any atom is 0.130 e. The first-order valence-corrected chi connectivity index (χ1v) is 8.03. The van der Waals surface area contributed by atoms with E-state index in [1.165, 1.54) is 19.3 Å². The van der Waals surface area contributed by atoms with Gasteiger partial charge in [-0.3, -0.25) is 0 Å². The molecular weight excluding hydrogens is 262 g/mol. The average molecular weight is 287 g/mol. The van der Waals surface area contributed by atoms with Crippen LogP contribution in [0.3, 0.4) is 0 Å². The monoisotopic (exact) mass is 287 g/mol. The molecule has 114 valence electrons. The van der Waals surface area contributed by atoms with E-state index in [-0.39, 0.29) is 12.1 Å². The maximum atomic E-state index is 9.39. The van der Waals surface area contributed by atoms with Gasteiger partial charge >= 0.3 is 0 Å². The van der Waals surface area contributed by atoms with Crippen molar-refractivity contribution in [1.29, 1.82) is 0 Å². The summed E-state index contributed by atoms with van der Waals surface area (Å²) in [5, 5.41) is 9.39. The van der Waals surface area contributed by atoms with Gasteiger partial charge in [-0.25, -0.2) is 4.98 Å². The Kier molecular flexibility index (Phi) is 4.00. The van der Waals surface area contributed by atoms with Gasteiger partial charge in [0.1, 0.15) is 5.82 Å². The van der Waals surface area contributed by atoms with Crippen molar-refractivity contribution in [1.82, 2.24) is 9.55 Å². The third kappa shape index (κ3) is 2.58. The van der Waals surface area contributed by atoms with Crippen molar-refractivity contribution in [3.05, 3.63) is 30.1 Å². The lowest BCUT2D eigenvalue weighted by molar-refractivity contribution is 0.211. The number of aliphatic hydroxyl groups is 1. The Morgan fingerprint density at radius 2 is 2.05 bits per heavy atom. The molecule has 3 rings (SSSR count). The predicted octanol–water partition coefficient (Wildman–Crippen LogP) is 2.78. The first-order chi connectivity index (χ1) is 10.2. The second-order valence-corrected chi connectivity index (χ2v) is 6.31. The Balaban J connectivity index is 2.01. The molecule has 1 fully saturated rings. The summed E-state index contributed by atoms with van der Waals surface area (Å²) in [5.74, 6) is 1.75. The van der Waals surface area contributed by atoms with Gasteiger partial charge in [0.05, 0.1) is 23.2 Å². The summed E-state index contributed by atoms with van der Waals surface area (Å²) in [6, 6.07) is 8.09. The number of nitrogens with two attached hydrogens (primary N) is 1. The first-order valence-electron chi connectivity index (χ1n) is 8.03. The first kappa shape index (κ1) is 14.5. The number of fused-ring (bicyclic) bond motifs is 1. The van der Waals surface area contributed by atoms with Crippen LogP contribution in [0.4, 0.5) is 0 Å². The number of benzene rings is 1. The molecule has 4 nitrogen and oxygen atoms in total. The van der Waals surface area contributed by atoms with Crippen LogP contribution in [0.25, 0.3) is 11.0 Å². The molecule has 0 aliphatic heterocycles. The van der Waals surface area contributed by atoms with Crippen LogP contribution in [0.15, 0.2) is 24.3 Å². The zero-order valence-corrected chi connectivity index (χ0v) is 12.8. The van der Waals surface area contributed by atoms with Crippen LogP contribution in [-0.2, 0) is 12.1 Å². The maximum absolute atomic E-state index is 9.39. The predicted molar refractivity (Wildman–Crippen MR) is 84.9 cm³/mol. The summed E-state index contributed by atoms with van der Waals surface area (Å²) in [5.41, 5.74) is 8.43. The van der Waals surface area contributed by atoms with Gasteiger partial charge in [0.2, 0.25) is 0 Å². The largest absolute Gasteiger partial charge is 0.395 e. The van der Waals surface area contributed by atoms with Gasteiger partial charge in [-0.15, -0.1) is 0 Å². The summed E-state index contributed by atoms with van der Waals surface area (Å²) < 4.78 is 2.11. The molecule has 1 heterocycles. The molecule has 1 saturated carbocycles. The number of aromatic nitrogens is 2. The number of rotatable bonds is 4. The molecule has 0 radical (unpaired) electrons. The third-order valence-corrected chi connectivity index (χ3v) is 5.00. The lowest BCUT2D eigenvalue weighted by Gasteiger charge is -2.36. The highest BCUT2D eigenvalue weighted by Gasteiger charge is 2.36. The molecule has 4 heteroatoms. The second-order valence-electron chi connectivity index (χ2n) is 6.31. The lowest BCUT2D eigenvalue weighted by atomic mass is 9.75. The number of hydrogen-bond donors (Lipinski definition) is 2. The van der Waals surface area contributed by atoms with Gasteiger partial charge in [0.25, 0.3) is 0 Å². The molecule has 1 aromatic carbocycles. The Morgan fingerprint density at radius 3 is 2.71 bits per heavy atom. The molecule has 1 aromatic heterocycles. The van der Waals surface area contributed by atoms with Gasteiger partial charge in [-0.05, 0) is 43.7 Å². The normalized spacial score (nSPS) is 26.3. The molecule has 0 atom stereocenters. The van der Waals surface area contributed by atoms with E-state index in [1.54, 1.807) is 0 Å². The van der Waals surface area contributed by atoms with Crippen molar-refractivity contribution in [2.75, 3.05) is 6.61 Å². The van der Waals surface area contributed by atoms with Crippen LogP contribution in [0.2, 0.25) is 0 Å². The SMILES string of the molecule is CCC1CCC(N)(c2nc3ccccc3n2CCO)CC1. The fraction of sp³-hybridized carbons (Fsp3) is 0.588. The molecule has 0 spiro atoms. The lowest BCUT2D eigenvalue weighted by Crippen LogP contribution is -2.43. The van der Waals surface area contributed by atoms with Crippen LogP contribution in [0.5, 0.6) is 0 Å². The smallest absolute Gasteiger partial charge is 0.130 e. The van der Waals surface area contributed by atoms with Crippen LogP contribution in [0, 0.1) is 5.92 Å². The van der Waals surface area contributed by atoms with Crippen LogP contribution >= 0.6 is 0 Å². The van der Waals surface area contributed by atoms with E-state index in [2.05, 4.69) is 17.6 Å². The van der Waals surface area contributed by atoms with E-state index in [4.69, 9.17) is 10.7 Å². The van der Waals surface area contributed by atoms with Crippen molar-refractivity contribution >= 4 is 11.0 Å². The van der Waals surface area contributed by atoms with Crippen molar-refractivity contribution < 1.29 is 5.11 Å². The topological polar surface area (TPSA) is 64.1 Å². The minimum atomic E-state index is -0.347. The average Bonchev–Trinajstić information content (AvgIpc) is 2.88. The quantitative estimate of drug-likeness (QED) is 0.909. The van der Waals surface area contributed by atoms with Crippen molar-refractivity contribution in [3.8, 4) is 0 Å². The van der Waals surface area contributed by atoms with E-state index in [0.29, 0.717) is 6.54 Å². The number of aliphatic hydroxyl groups excluding tert-OH is 1. The highest BCUT2D eigenvalue weighted by Crippen LogP contribution is 2.39. The Labute approximate surface area is 126 Å². The van der Waals surface area contributed by atoms with Gasteiger partial charge in [0.15, 0.2) is 0 Å². The standard InChI is InChI=1S/C17H25N3O/c1-2-13-7-9-17(18,10-8-13)16-19-14-5-3-4-6-15(14)20(16)11-12-21/h3-6,13,21H,2,7-12,18H2,1H3. The zero-order valence-electron chi connectivity index (χ0n) is 12.8. The number of nitrogens with zero attached hydrogens (tertiary/aromatic N) is 2. The van der Waals surface area contributed by atoms with Crippen molar-refractivity contribution in [2.24, 2.45) is 11.7 Å². The Hall–Kier alpha value is -1.39. The summed E-state index contributed by atoms with van der Waals surface area (Å²) in [7, 11) is 0. The molecule has 1 aliphatic carbocycles. The highest BCUT2D eigenvalue weighted by molar-refractivity contribution is 5.76. The summed E-state index contributed by atoms with van der Waals surface area (Å²) >= 11 is 0. The molecule has 21 heavy (non-hydrogen) atoms. The number of hydrogen-bond acceptors (Lipinski definition) is 3. The van der Waals surface area contributed by atoms with Gasteiger partial charge in [-0.2, -0.15) is 0 Å². The minimum Gasteiger partial charge on any atom is -0.395 e. The molecule has 3 N–H and O–H groups in total. The fourth-order valence-corrected chi connectivity index (χ4v) is 3.61. The van der Waals surface area contributed by atoms with Crippen LogP contribution in [-0.4, -0.2) is 21.3 Å². The molecule has 2 aromatic rings. The van der Waals surface area contributed by atoms with E-state index >= 15 is 0 Å². The molecule has 0 saturated heterocycles. The van der Waals surface area contributed by atoms with Crippen LogP contribution < -0.4 is 5.73 Å². The number of imidazole rings is 1. The van der Waals surface area contributed by atoms with E-state index in [9.17, 15) is 5.11 Å². The molecule has 0 unspecified atom stereocenters. The summed E-state index contributed by atoms with van der Waals surface area (Å²) in [4.78, 5) is 4.80. The molecule has 0 bridgehead atoms. The van der Waals surface area contributed by atoms with Gasteiger partial charge in [0, 0.05) is 6.54 Å². The van der Waals surface area contributed by atoms with Gasteiger partial charge < -0.3 is 15.4 Å². The van der Waals surface area contributed by atoms with Gasteiger partial charge in [-0.1, -0.05) is 25.5 Å². The number of para-hydroxylation sites is 2. The molecular formula is C17H25N3O. The fourth-order valence-electron chi connectivity index (χ4n) is 3.61. The Bertz CT molecular complexity index is 612. The van der Waals surface area contributed by atoms with E-state index in [0.717, 1.165) is 35.6 Å². The third-order valence-electron chi connectivity index (χ3n) is 5.00. The van der Waals surface area contributed by atoms with Crippen LogP contribution in [0.1, 0.15) is 44.9 Å². The van der Waals surface area contributed by atoms with E-state index in [1.807, 2.05) is 18.2 Å². The Morgan fingerprint density at radius 1 is 1.33 bits per heavy atom. The zero-order chi connectivity index (χ0) is 14.9. The van der Waals surface area contributed by atoms with Crippen molar-refractivity contribution in [3.63, 3.8) is 0 Å². The second kappa shape index (κ2) is 5.78. The summed E-state index contributed by atoms with van der Waals surface area (Å²) in [6.07, 6.45) is 5.56. The molecule has 1 aliphatic rings. The highest BCUT2D eigenvalue weighted by atomic mass is 16.3. The minimum absolute atomic E-state index is 0.112. The summed E-state index contributed by atoms with van der Waals surface area (Å²) in [6.45, 7) is 2.93.